The molecule has 2 aromatic carbocycles. The zero-order chi connectivity index (χ0) is 22.6. The molecule has 1 saturated carbocycles. The largest absolute Gasteiger partial charge is 0.447 e. The molecule has 6 nitrogen and oxygen atoms in total. The van der Waals surface area contributed by atoms with Gasteiger partial charge in [0.1, 0.15) is 18.0 Å². The highest BCUT2D eigenvalue weighted by Gasteiger charge is 2.50. The van der Waals surface area contributed by atoms with Gasteiger partial charge in [0.15, 0.2) is 5.11 Å². The maximum absolute atomic E-state index is 12.0. The minimum atomic E-state index is -0.530. The van der Waals surface area contributed by atoms with Crippen LogP contribution in [0.1, 0.15) is 32.1 Å². The predicted molar refractivity (Wildman–Crippen MR) is 134 cm³/mol. The standard InChI is InChI=1S/C23H24Cl2N4O2S/c24-16-4-8-18(9-5-16)27-22(30)31-15-14-26-20-23(12-2-1-3-13-23)29(21(32)28-20)19-10-6-17(25)7-11-19/h4-11H,1-3,12-15H2,(H,27,30)(H,26,28,32). The van der Waals surface area contributed by atoms with Gasteiger partial charge in [-0.05, 0) is 73.6 Å². The molecular weight excluding hydrogens is 467 g/mol. The van der Waals surface area contributed by atoms with E-state index < -0.39 is 6.09 Å². The summed E-state index contributed by atoms with van der Waals surface area (Å²) in [5.74, 6) is 0.846. The number of carbonyl (C=O) groups is 1. The second-order valence-corrected chi connectivity index (χ2v) is 9.09. The quantitative estimate of drug-likeness (QED) is 0.395. The molecule has 9 heteroatoms. The fourth-order valence-electron chi connectivity index (χ4n) is 4.30. The fourth-order valence-corrected chi connectivity index (χ4v) is 4.92. The Morgan fingerprint density at radius 2 is 1.69 bits per heavy atom. The van der Waals surface area contributed by atoms with Crippen LogP contribution in [0.2, 0.25) is 10.0 Å². The van der Waals surface area contributed by atoms with Gasteiger partial charge in [-0.2, -0.15) is 0 Å². The monoisotopic (exact) mass is 490 g/mol. The van der Waals surface area contributed by atoms with Crippen LogP contribution >= 0.6 is 35.4 Å². The molecule has 0 atom stereocenters. The van der Waals surface area contributed by atoms with Gasteiger partial charge < -0.3 is 15.0 Å². The second kappa shape index (κ2) is 10.1. The summed E-state index contributed by atoms with van der Waals surface area (Å²) in [5.41, 5.74) is 1.32. The molecule has 1 aliphatic heterocycles. The van der Waals surface area contributed by atoms with Crippen molar-refractivity contribution in [1.82, 2.24) is 5.32 Å². The van der Waals surface area contributed by atoms with Crippen molar-refractivity contribution in [2.45, 2.75) is 37.6 Å². The highest BCUT2D eigenvalue weighted by atomic mass is 35.5. The van der Waals surface area contributed by atoms with Crippen LogP contribution < -0.4 is 15.5 Å². The van der Waals surface area contributed by atoms with Crippen molar-refractivity contribution in [3.8, 4) is 0 Å². The molecule has 2 aliphatic rings. The van der Waals surface area contributed by atoms with E-state index in [0.717, 1.165) is 37.2 Å². The average molecular weight is 491 g/mol. The van der Waals surface area contributed by atoms with Gasteiger partial charge in [0, 0.05) is 21.4 Å². The summed E-state index contributed by atoms with van der Waals surface area (Å²) >= 11 is 17.6. The molecule has 2 N–H and O–H groups in total. The van der Waals surface area contributed by atoms with Gasteiger partial charge in [-0.3, -0.25) is 10.3 Å². The molecule has 1 heterocycles. The predicted octanol–water partition coefficient (Wildman–Crippen LogP) is 6.04. The van der Waals surface area contributed by atoms with E-state index in [9.17, 15) is 4.79 Å². The van der Waals surface area contributed by atoms with E-state index in [4.69, 9.17) is 45.1 Å². The molecule has 0 unspecified atom stereocenters. The maximum atomic E-state index is 12.0. The zero-order valence-corrected chi connectivity index (χ0v) is 19.8. The van der Waals surface area contributed by atoms with Gasteiger partial charge in [0.2, 0.25) is 0 Å². The Balaban J connectivity index is 1.42. The number of ether oxygens (including phenoxy) is 1. The number of halogens is 2. The first-order chi connectivity index (χ1) is 15.5. The van der Waals surface area contributed by atoms with Crippen molar-refractivity contribution in [3.05, 3.63) is 58.6 Å². The third-order valence-corrected chi connectivity index (χ3v) is 6.54. The number of hydrogen-bond acceptors (Lipinski definition) is 4. The maximum Gasteiger partial charge on any atom is 0.411 e. The van der Waals surface area contributed by atoms with E-state index in [1.165, 1.54) is 6.42 Å². The zero-order valence-electron chi connectivity index (χ0n) is 17.4. The summed E-state index contributed by atoms with van der Waals surface area (Å²) in [6, 6.07) is 14.6. The van der Waals surface area contributed by atoms with E-state index in [-0.39, 0.29) is 12.1 Å². The molecule has 4 rings (SSSR count). The van der Waals surface area contributed by atoms with E-state index in [2.05, 4.69) is 15.5 Å². The van der Waals surface area contributed by atoms with Crippen molar-refractivity contribution in [3.63, 3.8) is 0 Å². The number of amidine groups is 1. The number of amides is 1. The van der Waals surface area contributed by atoms with Crippen molar-refractivity contribution in [2.75, 3.05) is 23.4 Å². The lowest BCUT2D eigenvalue weighted by molar-refractivity contribution is 0.165. The highest BCUT2D eigenvalue weighted by molar-refractivity contribution is 7.80. The van der Waals surface area contributed by atoms with Gasteiger partial charge >= 0.3 is 6.09 Å². The molecule has 1 amide bonds. The van der Waals surface area contributed by atoms with Crippen LogP contribution in [-0.4, -0.2) is 35.7 Å². The van der Waals surface area contributed by atoms with Crippen LogP contribution in [0.5, 0.6) is 0 Å². The number of aliphatic imine (C=N–C) groups is 1. The lowest BCUT2D eigenvalue weighted by Crippen LogP contribution is -2.51. The van der Waals surface area contributed by atoms with Gasteiger partial charge in [0.25, 0.3) is 0 Å². The van der Waals surface area contributed by atoms with Crippen LogP contribution in [-0.2, 0) is 4.74 Å². The van der Waals surface area contributed by atoms with Crippen LogP contribution in [0.15, 0.2) is 53.5 Å². The third-order valence-electron chi connectivity index (χ3n) is 5.75. The van der Waals surface area contributed by atoms with Crippen LogP contribution in [0.4, 0.5) is 16.2 Å². The lowest BCUT2D eigenvalue weighted by atomic mass is 9.80. The molecule has 1 saturated heterocycles. The Morgan fingerprint density at radius 3 is 2.34 bits per heavy atom. The molecule has 168 valence electrons. The summed E-state index contributed by atoms with van der Waals surface area (Å²) in [4.78, 5) is 19.0. The minimum absolute atomic E-state index is 0.161. The van der Waals surface area contributed by atoms with E-state index in [0.29, 0.717) is 27.4 Å². The van der Waals surface area contributed by atoms with Gasteiger partial charge in [-0.15, -0.1) is 0 Å². The summed E-state index contributed by atoms with van der Waals surface area (Å²) in [7, 11) is 0. The molecule has 0 bridgehead atoms. The summed E-state index contributed by atoms with van der Waals surface area (Å²) in [5, 5.41) is 7.91. The van der Waals surface area contributed by atoms with Crippen LogP contribution in [0.3, 0.4) is 0 Å². The van der Waals surface area contributed by atoms with Gasteiger partial charge in [0.05, 0.1) is 6.54 Å². The van der Waals surface area contributed by atoms with E-state index in [1.54, 1.807) is 24.3 Å². The Labute approximate surface area is 202 Å². The number of rotatable bonds is 5. The molecule has 1 aliphatic carbocycles. The van der Waals surface area contributed by atoms with Crippen LogP contribution in [0.25, 0.3) is 0 Å². The Hall–Kier alpha value is -2.35. The normalized spacial score (nSPS) is 18.6. The first-order valence-corrected chi connectivity index (χ1v) is 11.8. The topological polar surface area (TPSA) is 66.0 Å². The number of hydrogen-bond donors (Lipinski definition) is 2. The molecule has 2 fully saturated rings. The number of carbonyl (C=O) groups excluding carboxylic acids is 1. The van der Waals surface area contributed by atoms with Gasteiger partial charge in [-0.1, -0.05) is 42.5 Å². The summed E-state index contributed by atoms with van der Waals surface area (Å²) < 4.78 is 5.28. The number of nitrogens with zero attached hydrogens (tertiary/aromatic N) is 2. The summed E-state index contributed by atoms with van der Waals surface area (Å²) in [6.07, 6.45) is 4.79. The summed E-state index contributed by atoms with van der Waals surface area (Å²) in [6.45, 7) is 0.504. The molecule has 32 heavy (non-hydrogen) atoms. The average Bonchev–Trinajstić information content (AvgIpc) is 3.04. The number of nitrogens with one attached hydrogen (secondary N) is 2. The molecule has 0 aromatic heterocycles. The smallest absolute Gasteiger partial charge is 0.411 e. The van der Waals surface area contributed by atoms with Crippen molar-refractivity contribution in [2.24, 2.45) is 4.99 Å². The SMILES string of the molecule is O=C(Nc1ccc(Cl)cc1)OCCN=C1NC(=S)N(c2ccc(Cl)cc2)C12CCCCC2. The van der Waals surface area contributed by atoms with Gasteiger partial charge in [-0.25, -0.2) is 4.79 Å². The first kappa shape index (κ1) is 22.8. The molecule has 2 aromatic rings. The fraction of sp³-hybridized carbons (Fsp3) is 0.348. The second-order valence-electron chi connectivity index (χ2n) is 7.83. The minimum Gasteiger partial charge on any atom is -0.447 e. The van der Waals surface area contributed by atoms with Crippen molar-refractivity contribution >= 4 is 63.8 Å². The Morgan fingerprint density at radius 1 is 1.06 bits per heavy atom. The molecular formula is C23H24Cl2N4O2S. The first-order valence-electron chi connectivity index (χ1n) is 10.6. The molecule has 1 spiro atoms. The Kier molecular flexibility index (Phi) is 7.18. The lowest BCUT2D eigenvalue weighted by Gasteiger charge is -2.41. The third kappa shape index (κ3) is 5.00. The van der Waals surface area contributed by atoms with E-state index >= 15 is 0 Å². The van der Waals surface area contributed by atoms with Crippen molar-refractivity contribution < 1.29 is 9.53 Å². The van der Waals surface area contributed by atoms with E-state index in [1.807, 2.05) is 24.3 Å². The molecule has 0 radical (unpaired) electrons. The highest BCUT2D eigenvalue weighted by Crippen LogP contribution is 2.41. The number of thiocarbonyl (C=S) groups is 1. The number of anilines is 2. The Bertz CT molecular complexity index is 1010. The van der Waals surface area contributed by atoms with Crippen LogP contribution in [0, 0.1) is 0 Å². The number of benzene rings is 2. The van der Waals surface area contributed by atoms with Crippen molar-refractivity contribution in [1.29, 1.82) is 0 Å².